The number of benzene rings is 2. The highest BCUT2D eigenvalue weighted by atomic mass is 35.5. The Balaban J connectivity index is 0. The van der Waals surface area contributed by atoms with Crippen LogP contribution in [0.5, 0.6) is 5.75 Å². The van der Waals surface area contributed by atoms with Crippen molar-refractivity contribution >= 4 is 35.9 Å². The molecule has 0 bridgehead atoms. The van der Waals surface area contributed by atoms with E-state index in [1.165, 1.54) is 12.0 Å². The van der Waals surface area contributed by atoms with E-state index in [-0.39, 0.29) is 12.8 Å². The minimum atomic E-state index is -0.0467. The number of nitrogens with one attached hydrogen (secondary N) is 1. The van der Waals surface area contributed by atoms with Gasteiger partial charge in [-0.25, -0.2) is 4.99 Å². The van der Waals surface area contributed by atoms with Crippen LogP contribution in [0, 0.1) is 20.8 Å². The molecule has 0 heterocycles. The van der Waals surface area contributed by atoms with E-state index in [0.29, 0.717) is 10.9 Å². The van der Waals surface area contributed by atoms with Gasteiger partial charge < -0.3 is 14.6 Å². The van der Waals surface area contributed by atoms with Gasteiger partial charge in [0, 0.05) is 29.2 Å². The molecule has 190 valence electrons. The number of nitrogens with zero attached hydrogens (tertiary/aromatic N) is 1. The second-order valence-corrected chi connectivity index (χ2v) is 8.40. The van der Waals surface area contributed by atoms with Crippen LogP contribution in [-0.4, -0.2) is 30.6 Å². The first-order valence-electron chi connectivity index (χ1n) is 11.1. The SMILES string of the molecule is C=O.CC(=N/C=C(\C)C(C)NCO)Oc1ccc(C)cc1.CCC.Cc1cc(Cl)cc(Cl)c1C. The second kappa shape index (κ2) is 20.2. The summed E-state index contributed by atoms with van der Waals surface area (Å²) in [6.07, 6.45) is 3.00. The molecule has 0 aliphatic heterocycles. The smallest absolute Gasteiger partial charge is 0.191 e. The van der Waals surface area contributed by atoms with Crippen molar-refractivity contribution in [3.05, 3.63) is 74.9 Å². The summed E-state index contributed by atoms with van der Waals surface area (Å²) in [6, 6.07) is 11.6. The summed E-state index contributed by atoms with van der Waals surface area (Å²) in [5.41, 5.74) is 4.46. The highest BCUT2D eigenvalue weighted by Gasteiger charge is 2.02. The predicted molar refractivity (Wildman–Crippen MR) is 147 cm³/mol. The van der Waals surface area contributed by atoms with Crippen molar-refractivity contribution in [2.45, 2.75) is 67.9 Å². The third kappa shape index (κ3) is 15.6. The summed E-state index contributed by atoms with van der Waals surface area (Å²) >= 11 is 11.6. The number of carbonyl (C=O) groups is 1. The van der Waals surface area contributed by atoms with Crippen LogP contribution < -0.4 is 10.1 Å². The molecule has 2 rings (SSSR count). The number of rotatable bonds is 5. The Morgan fingerprint density at radius 2 is 1.65 bits per heavy atom. The molecular weight excluding hydrogens is 471 g/mol. The number of aliphatic hydroxyl groups is 1. The van der Waals surface area contributed by atoms with Gasteiger partial charge in [0.05, 0.1) is 6.73 Å². The number of halogens is 2. The van der Waals surface area contributed by atoms with Gasteiger partial charge in [-0.2, -0.15) is 0 Å². The average Bonchev–Trinajstić information content (AvgIpc) is 2.80. The quantitative estimate of drug-likeness (QED) is 0.248. The summed E-state index contributed by atoms with van der Waals surface area (Å²) in [5.74, 6) is 1.36. The minimum Gasteiger partial charge on any atom is -0.443 e. The topological polar surface area (TPSA) is 70.9 Å². The zero-order valence-electron chi connectivity index (χ0n) is 21.7. The molecule has 0 radical (unpaired) electrons. The molecule has 0 saturated heterocycles. The molecule has 34 heavy (non-hydrogen) atoms. The molecule has 0 aliphatic carbocycles. The zero-order valence-corrected chi connectivity index (χ0v) is 23.2. The van der Waals surface area contributed by atoms with Crippen LogP contribution in [0.2, 0.25) is 10.0 Å². The van der Waals surface area contributed by atoms with Crippen molar-refractivity contribution in [3.8, 4) is 5.75 Å². The monoisotopic (exact) mass is 510 g/mol. The number of hydrogen-bond donors (Lipinski definition) is 2. The van der Waals surface area contributed by atoms with E-state index in [1.54, 1.807) is 12.3 Å². The van der Waals surface area contributed by atoms with Crippen LogP contribution in [0.3, 0.4) is 0 Å². The van der Waals surface area contributed by atoms with Gasteiger partial charge in [-0.1, -0.05) is 61.2 Å². The Labute approximate surface area is 215 Å². The number of aliphatic hydroxyl groups excluding tert-OH is 1. The highest BCUT2D eigenvalue weighted by molar-refractivity contribution is 6.35. The van der Waals surface area contributed by atoms with Gasteiger partial charge in [-0.05, 0) is 75.6 Å². The van der Waals surface area contributed by atoms with E-state index in [4.69, 9.17) is 37.8 Å². The first-order valence-corrected chi connectivity index (χ1v) is 11.8. The normalized spacial score (nSPS) is 11.6. The molecule has 0 aliphatic rings. The van der Waals surface area contributed by atoms with Gasteiger partial charge in [0.15, 0.2) is 5.90 Å². The molecule has 2 aromatic rings. The molecule has 0 spiro atoms. The Morgan fingerprint density at radius 3 is 2.12 bits per heavy atom. The Hall–Kier alpha value is -2.18. The van der Waals surface area contributed by atoms with Crippen molar-refractivity contribution in [1.82, 2.24) is 5.32 Å². The lowest BCUT2D eigenvalue weighted by Gasteiger charge is -2.11. The van der Waals surface area contributed by atoms with Crippen LogP contribution in [0.25, 0.3) is 0 Å². The fourth-order valence-electron chi connectivity index (χ4n) is 2.18. The second-order valence-electron chi connectivity index (χ2n) is 7.56. The maximum absolute atomic E-state index is 8.78. The van der Waals surface area contributed by atoms with Gasteiger partial charge in [0.2, 0.25) is 0 Å². The molecule has 0 amide bonds. The molecule has 5 nitrogen and oxygen atoms in total. The first-order chi connectivity index (χ1) is 16.0. The van der Waals surface area contributed by atoms with Crippen molar-refractivity contribution < 1.29 is 14.6 Å². The van der Waals surface area contributed by atoms with Gasteiger partial charge in [-0.15, -0.1) is 0 Å². The maximum Gasteiger partial charge on any atom is 0.191 e. The Morgan fingerprint density at radius 1 is 1.12 bits per heavy atom. The third-order valence-corrected chi connectivity index (χ3v) is 5.00. The predicted octanol–water partition coefficient (Wildman–Crippen LogP) is 7.47. The van der Waals surface area contributed by atoms with Crippen LogP contribution in [0.15, 0.2) is 53.2 Å². The fourth-order valence-corrected chi connectivity index (χ4v) is 2.78. The molecule has 0 fully saturated rings. The van der Waals surface area contributed by atoms with Crippen LogP contribution in [0.1, 0.15) is 57.7 Å². The number of hydrogen-bond acceptors (Lipinski definition) is 5. The summed E-state index contributed by atoms with van der Waals surface area (Å²) in [5, 5.41) is 13.1. The molecule has 0 saturated carbocycles. The molecular formula is C27H40Cl2N2O3. The van der Waals surface area contributed by atoms with Crippen molar-refractivity contribution in [2.75, 3.05) is 6.73 Å². The van der Waals surface area contributed by atoms with E-state index in [9.17, 15) is 0 Å². The Kier molecular flexibility index (Phi) is 20.2. The van der Waals surface area contributed by atoms with Gasteiger partial charge in [0.25, 0.3) is 0 Å². The van der Waals surface area contributed by atoms with Crippen LogP contribution in [0.4, 0.5) is 0 Å². The molecule has 1 atom stereocenters. The van der Waals surface area contributed by atoms with Crippen LogP contribution in [-0.2, 0) is 4.79 Å². The molecule has 7 heteroatoms. The Bertz CT molecular complexity index is 859. The largest absolute Gasteiger partial charge is 0.443 e. The molecule has 2 N–H and O–H groups in total. The van der Waals surface area contributed by atoms with Crippen LogP contribution >= 0.6 is 23.2 Å². The summed E-state index contributed by atoms with van der Waals surface area (Å²) in [4.78, 5) is 12.3. The highest BCUT2D eigenvalue weighted by Crippen LogP contribution is 2.23. The van der Waals surface area contributed by atoms with E-state index in [1.807, 2.05) is 78.7 Å². The maximum atomic E-state index is 8.78. The summed E-state index contributed by atoms with van der Waals surface area (Å²) in [6.45, 7) is 17.9. The van der Waals surface area contributed by atoms with Crippen molar-refractivity contribution in [2.24, 2.45) is 4.99 Å². The lowest BCUT2D eigenvalue weighted by atomic mass is 10.1. The third-order valence-electron chi connectivity index (χ3n) is 4.39. The van der Waals surface area contributed by atoms with Crippen molar-refractivity contribution in [1.29, 1.82) is 0 Å². The summed E-state index contributed by atoms with van der Waals surface area (Å²) in [7, 11) is 0. The van der Waals surface area contributed by atoms with E-state index in [2.05, 4.69) is 24.2 Å². The fraction of sp³-hybridized carbons (Fsp3) is 0.407. The number of carbonyl (C=O) groups excluding carboxylic acids is 1. The van der Waals surface area contributed by atoms with E-state index < -0.39 is 0 Å². The lowest BCUT2D eigenvalue weighted by molar-refractivity contribution is -0.0980. The van der Waals surface area contributed by atoms with Gasteiger partial charge >= 0.3 is 0 Å². The van der Waals surface area contributed by atoms with Gasteiger partial charge in [-0.3, -0.25) is 5.32 Å². The van der Waals surface area contributed by atoms with E-state index in [0.717, 1.165) is 27.5 Å². The standard InChI is InChI=1S/C15H22N2O2.C8H8Cl2.C3H8.CH2O/c1-11-5-7-15(8-6-11)19-14(4)16-9-12(2)13(3)17-10-18;1-5-3-7(9)4-8(10)6(5)2;1-3-2;1-2/h5-9,13,17-18H,10H2,1-4H3;3-4H,1-2H3;3H2,1-2H3;1H2/b12-9+,16-14?;;;. The minimum absolute atomic E-state index is 0.0467. The number of aliphatic imine (C=N–C) groups is 1. The average molecular weight is 512 g/mol. The van der Waals surface area contributed by atoms with Gasteiger partial charge in [0.1, 0.15) is 12.5 Å². The molecule has 2 aromatic carbocycles. The lowest BCUT2D eigenvalue weighted by Crippen LogP contribution is -2.27. The summed E-state index contributed by atoms with van der Waals surface area (Å²) < 4.78 is 5.60. The van der Waals surface area contributed by atoms with Crippen molar-refractivity contribution in [3.63, 3.8) is 0 Å². The van der Waals surface area contributed by atoms with E-state index >= 15 is 0 Å². The molecule has 0 aromatic heterocycles. The molecule has 1 unspecified atom stereocenters. The zero-order chi connectivity index (χ0) is 26.7. The first kappa shape index (κ1) is 34.0. The number of aryl methyl sites for hydroxylation is 2. The number of ether oxygens (including phenoxy) is 1.